The highest BCUT2D eigenvalue weighted by molar-refractivity contribution is 7.77. The van der Waals surface area contributed by atoms with E-state index in [9.17, 15) is 4.79 Å². The van der Waals surface area contributed by atoms with E-state index >= 15 is 0 Å². The van der Waals surface area contributed by atoms with Gasteiger partial charge in [-0.1, -0.05) is 24.1 Å². The van der Waals surface area contributed by atoms with Crippen molar-refractivity contribution in [3.8, 4) is 0 Å². The standard InChI is InChI=1S/C8H19N3O2S/c1-9-6-4-3-5-7(10-2)8(12)13-11-14/h7,9-11,14H,3-6H2,1-2H3. The molecule has 0 aliphatic carbocycles. The van der Waals surface area contributed by atoms with Crippen molar-refractivity contribution < 1.29 is 9.63 Å². The molecule has 0 rings (SSSR count). The van der Waals surface area contributed by atoms with Gasteiger partial charge in [0.05, 0.1) is 0 Å². The summed E-state index contributed by atoms with van der Waals surface area (Å²) >= 11 is 3.59. The fourth-order valence-electron chi connectivity index (χ4n) is 1.15. The Morgan fingerprint density at radius 3 is 2.64 bits per heavy atom. The molecule has 0 aromatic heterocycles. The fourth-order valence-corrected chi connectivity index (χ4v) is 1.24. The molecule has 1 unspecified atom stereocenters. The predicted molar refractivity (Wildman–Crippen MR) is 58.8 cm³/mol. The average molecular weight is 221 g/mol. The van der Waals surface area contributed by atoms with Crippen LogP contribution in [0.4, 0.5) is 0 Å². The predicted octanol–water partition coefficient (Wildman–Crippen LogP) is -0.143. The topological polar surface area (TPSA) is 62.4 Å². The van der Waals surface area contributed by atoms with Crippen LogP contribution >= 0.6 is 12.8 Å². The van der Waals surface area contributed by atoms with Gasteiger partial charge in [-0.15, -0.1) is 0 Å². The van der Waals surface area contributed by atoms with Crippen LogP contribution in [0, 0.1) is 0 Å². The maximum Gasteiger partial charge on any atom is 0.342 e. The summed E-state index contributed by atoms with van der Waals surface area (Å²) in [4.78, 5) is 17.9. The minimum atomic E-state index is -0.327. The molecule has 1 atom stereocenters. The molecule has 5 nitrogen and oxygen atoms in total. The van der Waals surface area contributed by atoms with Gasteiger partial charge in [-0.2, -0.15) is 0 Å². The van der Waals surface area contributed by atoms with E-state index in [1.54, 1.807) is 7.05 Å². The van der Waals surface area contributed by atoms with Crippen LogP contribution in [0.2, 0.25) is 0 Å². The number of carbonyl (C=O) groups excluding carboxylic acids is 1. The van der Waals surface area contributed by atoms with Gasteiger partial charge in [-0.3, -0.25) is 0 Å². The average Bonchev–Trinajstić information content (AvgIpc) is 2.18. The van der Waals surface area contributed by atoms with Gasteiger partial charge in [0.2, 0.25) is 0 Å². The molecule has 0 aliphatic rings. The minimum absolute atomic E-state index is 0.258. The van der Waals surface area contributed by atoms with Crippen LogP contribution in [0.25, 0.3) is 0 Å². The van der Waals surface area contributed by atoms with E-state index in [4.69, 9.17) is 0 Å². The van der Waals surface area contributed by atoms with Gasteiger partial charge in [0.25, 0.3) is 0 Å². The molecule has 0 fully saturated rings. The van der Waals surface area contributed by atoms with Gasteiger partial charge in [-0.05, 0) is 33.5 Å². The number of hydrogen-bond donors (Lipinski definition) is 4. The van der Waals surface area contributed by atoms with Crippen LogP contribution in [0.5, 0.6) is 0 Å². The Morgan fingerprint density at radius 1 is 1.43 bits per heavy atom. The normalized spacial score (nSPS) is 12.5. The summed E-state index contributed by atoms with van der Waals surface area (Å²) in [7, 11) is 3.65. The third-order valence-electron chi connectivity index (χ3n) is 1.95. The lowest BCUT2D eigenvalue weighted by Gasteiger charge is -2.13. The number of hydrogen-bond acceptors (Lipinski definition) is 6. The van der Waals surface area contributed by atoms with Crippen LogP contribution in [-0.4, -0.2) is 32.7 Å². The SMILES string of the molecule is CNCCCCC(NC)C(=O)ONS. The first-order chi connectivity index (χ1) is 6.76. The van der Waals surface area contributed by atoms with Crippen LogP contribution in [0.15, 0.2) is 0 Å². The number of carbonyl (C=O) groups is 1. The van der Waals surface area contributed by atoms with Gasteiger partial charge in [0, 0.05) is 0 Å². The lowest BCUT2D eigenvalue weighted by molar-refractivity contribution is -0.149. The molecule has 0 saturated carbocycles. The van der Waals surface area contributed by atoms with Crippen molar-refractivity contribution in [1.82, 2.24) is 15.5 Å². The smallest absolute Gasteiger partial charge is 0.342 e. The largest absolute Gasteiger partial charge is 0.359 e. The number of thiol groups is 1. The Kier molecular flexibility index (Phi) is 9.06. The van der Waals surface area contributed by atoms with Crippen LogP contribution in [-0.2, 0) is 9.63 Å². The monoisotopic (exact) mass is 221 g/mol. The molecule has 0 bridgehead atoms. The van der Waals surface area contributed by atoms with Crippen molar-refractivity contribution in [3.63, 3.8) is 0 Å². The van der Waals surface area contributed by atoms with E-state index in [1.807, 2.05) is 7.05 Å². The van der Waals surface area contributed by atoms with E-state index in [0.717, 1.165) is 25.8 Å². The summed E-state index contributed by atoms with van der Waals surface area (Å²) in [6.45, 7) is 0.969. The summed E-state index contributed by atoms with van der Waals surface area (Å²) in [5, 5.41) is 5.95. The first kappa shape index (κ1) is 13.7. The third kappa shape index (κ3) is 6.20. The second-order valence-electron chi connectivity index (χ2n) is 2.95. The van der Waals surface area contributed by atoms with Gasteiger partial charge in [0.15, 0.2) is 0 Å². The molecule has 0 heterocycles. The van der Waals surface area contributed by atoms with Crippen LogP contribution < -0.4 is 15.5 Å². The van der Waals surface area contributed by atoms with Crippen molar-refractivity contribution >= 4 is 18.8 Å². The van der Waals surface area contributed by atoms with E-state index in [-0.39, 0.29) is 12.0 Å². The number of rotatable bonds is 8. The molecule has 0 spiro atoms. The van der Waals surface area contributed by atoms with E-state index < -0.39 is 0 Å². The quantitative estimate of drug-likeness (QED) is 0.261. The first-order valence-corrected chi connectivity index (χ1v) is 5.12. The summed E-state index contributed by atoms with van der Waals surface area (Å²) in [5.41, 5.74) is 0. The van der Waals surface area contributed by atoms with E-state index in [2.05, 4.69) is 33.2 Å². The van der Waals surface area contributed by atoms with E-state index in [0.29, 0.717) is 0 Å². The van der Waals surface area contributed by atoms with Gasteiger partial charge >= 0.3 is 5.97 Å². The minimum Gasteiger partial charge on any atom is -0.359 e. The number of nitrogens with one attached hydrogen (secondary N) is 3. The number of unbranched alkanes of at least 4 members (excludes halogenated alkanes) is 1. The molecule has 0 aromatic carbocycles. The molecule has 0 saturated heterocycles. The van der Waals surface area contributed by atoms with Crippen molar-refractivity contribution in [2.45, 2.75) is 25.3 Å². The summed E-state index contributed by atoms with van der Waals surface area (Å²) in [6.07, 6.45) is 2.80. The van der Waals surface area contributed by atoms with Crippen molar-refractivity contribution in [3.05, 3.63) is 0 Å². The van der Waals surface area contributed by atoms with Gasteiger partial charge in [0.1, 0.15) is 6.04 Å². The summed E-state index contributed by atoms with van der Waals surface area (Å²) < 4.78 is 0. The van der Waals surface area contributed by atoms with Crippen molar-refractivity contribution in [2.75, 3.05) is 20.6 Å². The molecular weight excluding hydrogens is 202 g/mol. The molecule has 0 aliphatic heterocycles. The Morgan fingerprint density at radius 2 is 2.14 bits per heavy atom. The zero-order chi connectivity index (χ0) is 10.8. The first-order valence-electron chi connectivity index (χ1n) is 4.68. The fraction of sp³-hybridized carbons (Fsp3) is 0.875. The van der Waals surface area contributed by atoms with Gasteiger partial charge in [-0.25, -0.2) is 4.79 Å². The molecule has 14 heavy (non-hydrogen) atoms. The maximum atomic E-state index is 11.2. The Bertz CT molecular complexity index is 158. The van der Waals surface area contributed by atoms with Crippen LogP contribution in [0.3, 0.4) is 0 Å². The molecule has 6 heteroatoms. The number of likely N-dealkylation sites (N-methyl/N-ethyl adjacent to an activating group) is 1. The maximum absolute atomic E-state index is 11.2. The second-order valence-corrected chi connectivity index (χ2v) is 3.14. The van der Waals surface area contributed by atoms with E-state index in [1.165, 1.54) is 0 Å². The highest BCUT2D eigenvalue weighted by Crippen LogP contribution is 2.01. The molecule has 0 radical (unpaired) electrons. The molecule has 0 amide bonds. The summed E-state index contributed by atoms with van der Waals surface area (Å²) in [5.74, 6) is -0.327. The molecular formula is C8H19N3O2S. The summed E-state index contributed by atoms with van der Waals surface area (Å²) in [6, 6.07) is -0.258. The van der Waals surface area contributed by atoms with Gasteiger partial charge < -0.3 is 15.5 Å². The zero-order valence-electron chi connectivity index (χ0n) is 8.67. The van der Waals surface area contributed by atoms with Crippen molar-refractivity contribution in [2.24, 2.45) is 0 Å². The van der Waals surface area contributed by atoms with Crippen molar-refractivity contribution in [1.29, 1.82) is 0 Å². The molecule has 0 aromatic rings. The highest BCUT2D eigenvalue weighted by atomic mass is 32.1. The Hall–Kier alpha value is -0.300. The molecule has 3 N–H and O–H groups in total. The van der Waals surface area contributed by atoms with Crippen LogP contribution in [0.1, 0.15) is 19.3 Å². The molecule has 84 valence electrons. The Labute approximate surface area is 90.5 Å². The second kappa shape index (κ2) is 9.26. The highest BCUT2D eigenvalue weighted by Gasteiger charge is 2.16. The third-order valence-corrected chi connectivity index (χ3v) is 2.04. The zero-order valence-corrected chi connectivity index (χ0v) is 9.56. The lowest BCUT2D eigenvalue weighted by Crippen LogP contribution is -2.37. The lowest BCUT2D eigenvalue weighted by atomic mass is 10.1. The Balaban J connectivity index is 3.62.